The van der Waals surface area contributed by atoms with Crippen LogP contribution in [0.5, 0.6) is 0 Å². The van der Waals surface area contributed by atoms with E-state index < -0.39 is 11.7 Å². The third-order valence-electron chi connectivity index (χ3n) is 6.13. The normalized spacial score (nSPS) is 16.0. The number of piperidine rings is 1. The predicted octanol–water partition coefficient (Wildman–Crippen LogP) is 3.52. The first kappa shape index (κ1) is 21.5. The van der Waals surface area contributed by atoms with Crippen LogP contribution in [-0.4, -0.2) is 53.2 Å². The molecule has 0 bridgehead atoms. The number of rotatable bonds is 6. The second-order valence-corrected chi connectivity index (χ2v) is 8.30. The van der Waals surface area contributed by atoms with Gasteiger partial charge in [-0.15, -0.1) is 10.2 Å². The zero-order valence-corrected chi connectivity index (χ0v) is 17.9. The number of likely N-dealkylation sites (tertiary alicyclic amines) is 1. The van der Waals surface area contributed by atoms with Crippen molar-refractivity contribution in [2.24, 2.45) is 0 Å². The van der Waals surface area contributed by atoms with Gasteiger partial charge < -0.3 is 0 Å². The van der Waals surface area contributed by atoms with E-state index in [4.69, 9.17) is 0 Å². The second kappa shape index (κ2) is 8.89. The Morgan fingerprint density at radius 2 is 1.73 bits per heavy atom. The molecule has 4 aromatic rings. The number of aryl methyl sites for hydroxylation is 2. The highest BCUT2D eigenvalue weighted by atomic mass is 19.4. The average molecular weight is 456 g/mol. The molecular formula is C22H23F3N8. The molecule has 1 fully saturated rings. The lowest BCUT2D eigenvalue weighted by molar-refractivity contribution is -0.137. The molecule has 3 heterocycles. The molecule has 0 aliphatic carbocycles. The largest absolute Gasteiger partial charge is 0.416 e. The molecule has 5 rings (SSSR count). The highest BCUT2D eigenvalue weighted by Crippen LogP contribution is 2.32. The lowest BCUT2D eigenvalue weighted by Gasteiger charge is -2.31. The van der Waals surface area contributed by atoms with E-state index >= 15 is 0 Å². The number of hydrogen-bond donors (Lipinski definition) is 0. The van der Waals surface area contributed by atoms with Gasteiger partial charge in [-0.25, -0.2) is 9.36 Å². The van der Waals surface area contributed by atoms with Gasteiger partial charge in [0.2, 0.25) is 0 Å². The van der Waals surface area contributed by atoms with Gasteiger partial charge in [-0.2, -0.15) is 13.2 Å². The van der Waals surface area contributed by atoms with Gasteiger partial charge in [0.15, 0.2) is 5.82 Å². The molecule has 1 aliphatic heterocycles. The Balaban J connectivity index is 1.20. The Morgan fingerprint density at radius 1 is 0.939 bits per heavy atom. The first-order chi connectivity index (χ1) is 16.0. The summed E-state index contributed by atoms with van der Waals surface area (Å²) in [5, 5.41) is 20.3. The van der Waals surface area contributed by atoms with Crippen LogP contribution in [0, 0.1) is 0 Å². The zero-order valence-electron chi connectivity index (χ0n) is 17.9. The van der Waals surface area contributed by atoms with Gasteiger partial charge in [0.1, 0.15) is 5.52 Å². The number of fused-ring (bicyclic) bond motifs is 1. The molecule has 0 amide bonds. The number of alkyl halides is 3. The van der Waals surface area contributed by atoms with Crippen molar-refractivity contribution < 1.29 is 13.2 Å². The Labute approximate surface area is 188 Å². The number of hydrogen-bond acceptors (Lipinski definition) is 6. The number of tetrazole rings is 1. The van der Waals surface area contributed by atoms with E-state index in [1.807, 2.05) is 22.9 Å². The Hall–Kier alpha value is -3.34. The molecule has 0 saturated carbocycles. The first-order valence-electron chi connectivity index (χ1n) is 10.9. The quantitative estimate of drug-likeness (QED) is 0.442. The summed E-state index contributed by atoms with van der Waals surface area (Å²) in [6.07, 6.45) is -1.88. The van der Waals surface area contributed by atoms with E-state index in [0.717, 1.165) is 50.3 Å². The Bertz CT molecular complexity index is 1210. The third-order valence-corrected chi connectivity index (χ3v) is 6.13. The van der Waals surface area contributed by atoms with Crippen molar-refractivity contribution >= 4 is 11.0 Å². The minimum absolute atomic E-state index is 0.0945. The van der Waals surface area contributed by atoms with Crippen LogP contribution in [0.15, 0.2) is 48.5 Å². The van der Waals surface area contributed by atoms with Crippen LogP contribution < -0.4 is 0 Å². The van der Waals surface area contributed by atoms with Gasteiger partial charge >= 0.3 is 6.18 Å². The molecule has 33 heavy (non-hydrogen) atoms. The van der Waals surface area contributed by atoms with E-state index in [1.165, 1.54) is 11.6 Å². The number of halogens is 3. The van der Waals surface area contributed by atoms with E-state index in [2.05, 4.69) is 42.9 Å². The first-order valence-corrected chi connectivity index (χ1v) is 10.9. The highest BCUT2D eigenvalue weighted by molar-refractivity contribution is 5.75. The van der Waals surface area contributed by atoms with Crippen molar-refractivity contribution in [1.82, 2.24) is 40.1 Å². The molecule has 8 nitrogen and oxygen atoms in total. The molecule has 0 atom stereocenters. The highest BCUT2D eigenvalue weighted by Gasteiger charge is 2.31. The van der Waals surface area contributed by atoms with E-state index in [0.29, 0.717) is 18.6 Å². The van der Waals surface area contributed by atoms with Gasteiger partial charge in [-0.3, -0.25) is 4.90 Å². The molecule has 1 aliphatic rings. The standard InChI is InChI=1S/C22H23F3N8/c23-22(24,25)17-6-7-20-19(14-17)26-29-33(20)18-9-11-31(12-10-18)15-21-27-28-30-32(21)13-8-16-4-2-1-3-5-16/h1-7,14,18H,8-13,15H2. The van der Waals surface area contributed by atoms with Crippen LogP contribution in [0.2, 0.25) is 0 Å². The van der Waals surface area contributed by atoms with Crippen LogP contribution in [-0.2, 0) is 25.7 Å². The molecule has 1 saturated heterocycles. The van der Waals surface area contributed by atoms with Crippen LogP contribution >= 0.6 is 0 Å². The fraction of sp³-hybridized carbons (Fsp3) is 0.409. The SMILES string of the molecule is FC(F)(F)c1ccc2c(c1)nnn2C1CCN(Cc2nnnn2CCc2ccccc2)CC1. The van der Waals surface area contributed by atoms with Crippen LogP contribution in [0.4, 0.5) is 13.2 Å². The van der Waals surface area contributed by atoms with Crippen LogP contribution in [0.1, 0.15) is 35.8 Å². The van der Waals surface area contributed by atoms with Crippen molar-refractivity contribution in [2.75, 3.05) is 13.1 Å². The fourth-order valence-corrected chi connectivity index (χ4v) is 4.30. The van der Waals surface area contributed by atoms with Gasteiger partial charge in [-0.1, -0.05) is 35.5 Å². The monoisotopic (exact) mass is 456 g/mol. The second-order valence-electron chi connectivity index (χ2n) is 8.30. The van der Waals surface area contributed by atoms with Gasteiger partial charge in [0, 0.05) is 19.6 Å². The number of benzene rings is 2. The summed E-state index contributed by atoms with van der Waals surface area (Å²) in [5.41, 5.74) is 1.43. The predicted molar refractivity (Wildman–Crippen MR) is 114 cm³/mol. The maximum Gasteiger partial charge on any atom is 0.416 e. The van der Waals surface area contributed by atoms with Crippen LogP contribution in [0.3, 0.4) is 0 Å². The number of aromatic nitrogens is 7. The zero-order chi connectivity index (χ0) is 22.8. The summed E-state index contributed by atoms with van der Waals surface area (Å²) < 4.78 is 42.5. The van der Waals surface area contributed by atoms with E-state index in [1.54, 1.807) is 4.68 Å². The van der Waals surface area contributed by atoms with Crippen molar-refractivity contribution in [2.45, 2.75) is 44.6 Å². The van der Waals surface area contributed by atoms with Gasteiger partial charge in [-0.05, 0) is 53.5 Å². The molecule has 11 heteroatoms. The minimum atomic E-state index is -4.39. The van der Waals surface area contributed by atoms with Crippen molar-refractivity contribution in [3.63, 3.8) is 0 Å². The van der Waals surface area contributed by atoms with Crippen molar-refractivity contribution in [1.29, 1.82) is 0 Å². The molecule has 0 unspecified atom stereocenters. The summed E-state index contributed by atoms with van der Waals surface area (Å²) in [4.78, 5) is 2.29. The van der Waals surface area contributed by atoms with Gasteiger partial charge in [0.25, 0.3) is 0 Å². The molecule has 172 valence electrons. The summed E-state index contributed by atoms with van der Waals surface area (Å²) in [6, 6.07) is 13.9. The molecule has 2 aromatic heterocycles. The van der Waals surface area contributed by atoms with Gasteiger partial charge in [0.05, 0.1) is 23.7 Å². The lowest BCUT2D eigenvalue weighted by Crippen LogP contribution is -2.35. The summed E-state index contributed by atoms with van der Waals surface area (Å²) in [7, 11) is 0. The Kier molecular flexibility index (Phi) is 5.79. The summed E-state index contributed by atoms with van der Waals surface area (Å²) >= 11 is 0. The Morgan fingerprint density at radius 3 is 2.48 bits per heavy atom. The minimum Gasteiger partial charge on any atom is -0.296 e. The molecule has 0 N–H and O–H groups in total. The maximum atomic E-state index is 13.0. The third kappa shape index (κ3) is 4.72. The molecular weight excluding hydrogens is 433 g/mol. The van der Waals surface area contributed by atoms with Crippen molar-refractivity contribution in [3.8, 4) is 0 Å². The fourth-order valence-electron chi connectivity index (χ4n) is 4.30. The average Bonchev–Trinajstić information content (AvgIpc) is 3.45. The molecule has 2 aromatic carbocycles. The van der Waals surface area contributed by atoms with Crippen molar-refractivity contribution in [3.05, 3.63) is 65.5 Å². The number of nitrogens with zero attached hydrogens (tertiary/aromatic N) is 8. The molecule has 0 radical (unpaired) electrons. The van der Waals surface area contributed by atoms with E-state index in [9.17, 15) is 13.2 Å². The molecule has 0 spiro atoms. The summed E-state index contributed by atoms with van der Waals surface area (Å²) in [6.45, 7) is 3.01. The topological polar surface area (TPSA) is 77.6 Å². The van der Waals surface area contributed by atoms with Crippen LogP contribution in [0.25, 0.3) is 11.0 Å². The smallest absolute Gasteiger partial charge is 0.296 e. The maximum absolute atomic E-state index is 13.0. The summed E-state index contributed by atoms with van der Waals surface area (Å²) in [5.74, 6) is 0.829. The lowest BCUT2D eigenvalue weighted by atomic mass is 10.0. The van der Waals surface area contributed by atoms with E-state index in [-0.39, 0.29) is 11.6 Å².